The molecule has 0 aromatic heterocycles. The summed E-state index contributed by atoms with van der Waals surface area (Å²) >= 11 is 0. The van der Waals surface area contributed by atoms with Gasteiger partial charge in [0, 0.05) is 13.1 Å². The van der Waals surface area contributed by atoms with Crippen LogP contribution in [0.5, 0.6) is 5.75 Å². The van der Waals surface area contributed by atoms with Gasteiger partial charge in [0.05, 0.1) is 0 Å². The normalized spacial score (nSPS) is 15.8. The van der Waals surface area contributed by atoms with E-state index in [0.717, 1.165) is 11.1 Å². The summed E-state index contributed by atoms with van der Waals surface area (Å²) in [6.07, 6.45) is 1.96. The Morgan fingerprint density at radius 1 is 1.17 bits per heavy atom. The van der Waals surface area contributed by atoms with E-state index in [-0.39, 0.29) is 11.7 Å². The molecule has 0 aliphatic carbocycles. The summed E-state index contributed by atoms with van der Waals surface area (Å²) in [5.74, 6) is -0.622. The molecule has 1 aliphatic heterocycles. The largest absolute Gasteiger partial charge is 0.534 e. The summed E-state index contributed by atoms with van der Waals surface area (Å²) in [5, 5.41) is 0. The van der Waals surface area contributed by atoms with Gasteiger partial charge < -0.3 is 13.8 Å². The van der Waals surface area contributed by atoms with Crippen LogP contribution in [0.15, 0.2) is 24.3 Å². The van der Waals surface area contributed by atoms with Gasteiger partial charge in [-0.25, -0.2) is 4.79 Å². The molecule has 0 N–H and O–H groups in total. The molecule has 2 rings (SSSR count). The number of rotatable bonds is 4. The highest BCUT2D eigenvalue weighted by atomic mass is 32.2. The van der Waals surface area contributed by atoms with E-state index in [2.05, 4.69) is 4.18 Å². The fourth-order valence-corrected chi connectivity index (χ4v) is 3.35. The second-order valence-corrected chi connectivity index (χ2v) is 9.83. The number of alkyl halides is 3. The third-order valence-corrected chi connectivity index (χ3v) is 5.31. The van der Waals surface area contributed by atoms with Gasteiger partial charge in [0.2, 0.25) is 0 Å². The van der Waals surface area contributed by atoms with E-state index in [9.17, 15) is 26.4 Å². The molecule has 6 nitrogen and oxygen atoms in total. The van der Waals surface area contributed by atoms with Gasteiger partial charge in [0.1, 0.15) is 11.4 Å². The molecule has 0 saturated heterocycles. The fourth-order valence-electron chi connectivity index (χ4n) is 2.86. The topological polar surface area (TPSA) is 72.9 Å². The lowest BCUT2D eigenvalue weighted by atomic mass is 9.94. The van der Waals surface area contributed by atoms with Crippen LogP contribution in [-0.4, -0.2) is 43.6 Å². The number of hydrogen-bond donors (Lipinski definition) is 0. The molecular weight excluding hydrogens is 423 g/mol. The minimum atomic E-state index is -5.75. The minimum Gasteiger partial charge on any atom is -0.444 e. The molecule has 0 radical (unpaired) electrons. The third kappa shape index (κ3) is 5.90. The molecule has 168 valence electrons. The fraction of sp³-hybridized carbons (Fsp3) is 0.550. The molecule has 1 heterocycles. The quantitative estimate of drug-likeness (QED) is 0.474. The molecule has 1 aromatic rings. The van der Waals surface area contributed by atoms with Gasteiger partial charge in [-0.05, 0) is 61.9 Å². The number of benzene rings is 1. The first-order valence-electron chi connectivity index (χ1n) is 9.43. The lowest BCUT2D eigenvalue weighted by molar-refractivity contribution is -0.0500. The molecule has 30 heavy (non-hydrogen) atoms. The first-order chi connectivity index (χ1) is 13.6. The SMILES string of the molecule is CC(C)c1cc(C2=CCN(C(=O)OC(C)(C)C)CC2)ccc1OS(=O)(=O)C(F)(F)F. The molecule has 0 fully saturated rings. The van der Waals surface area contributed by atoms with Crippen molar-refractivity contribution in [2.24, 2.45) is 0 Å². The van der Waals surface area contributed by atoms with Crippen LogP contribution in [0.25, 0.3) is 5.57 Å². The van der Waals surface area contributed by atoms with E-state index in [1.807, 2.05) is 6.08 Å². The number of carbonyl (C=O) groups is 1. The number of carbonyl (C=O) groups excluding carboxylic acids is 1. The van der Waals surface area contributed by atoms with Crippen LogP contribution in [0.1, 0.15) is 58.1 Å². The Balaban J connectivity index is 2.24. The second-order valence-electron chi connectivity index (χ2n) is 8.30. The van der Waals surface area contributed by atoms with Gasteiger partial charge in [-0.2, -0.15) is 21.6 Å². The van der Waals surface area contributed by atoms with E-state index < -0.39 is 27.3 Å². The Morgan fingerprint density at radius 3 is 2.27 bits per heavy atom. The van der Waals surface area contributed by atoms with Gasteiger partial charge in [0.15, 0.2) is 0 Å². The lowest BCUT2D eigenvalue weighted by Gasteiger charge is -2.29. The van der Waals surface area contributed by atoms with E-state index in [1.165, 1.54) is 12.1 Å². The number of nitrogens with zero attached hydrogens (tertiary/aromatic N) is 1. The molecular formula is C20H26F3NO5S. The van der Waals surface area contributed by atoms with E-state index >= 15 is 0 Å². The van der Waals surface area contributed by atoms with Crippen molar-refractivity contribution in [1.82, 2.24) is 4.90 Å². The van der Waals surface area contributed by atoms with Gasteiger partial charge in [0.25, 0.3) is 0 Å². The average Bonchev–Trinajstić information content (AvgIpc) is 2.59. The molecule has 1 aliphatic rings. The molecule has 1 aromatic carbocycles. The summed E-state index contributed by atoms with van der Waals surface area (Å²) in [6, 6.07) is 4.37. The standard InChI is InChI=1S/C20H26F3NO5S/c1-13(2)16-12-15(6-7-17(16)29-30(26,27)20(21,22)23)14-8-10-24(11-9-14)18(25)28-19(3,4)5/h6-8,12-13H,9-11H2,1-5H3. The van der Waals surface area contributed by atoms with Crippen LogP contribution < -0.4 is 4.18 Å². The van der Waals surface area contributed by atoms with Gasteiger partial charge in [-0.15, -0.1) is 0 Å². The van der Waals surface area contributed by atoms with Crippen LogP contribution in [0.4, 0.5) is 18.0 Å². The van der Waals surface area contributed by atoms with Crippen LogP contribution in [0, 0.1) is 0 Å². The first kappa shape index (κ1) is 24.0. The molecule has 0 atom stereocenters. The summed E-state index contributed by atoms with van der Waals surface area (Å²) < 4.78 is 70.4. The Bertz CT molecular complexity index is 931. The zero-order valence-electron chi connectivity index (χ0n) is 17.5. The molecule has 0 spiro atoms. The molecule has 10 heteroatoms. The lowest BCUT2D eigenvalue weighted by Crippen LogP contribution is -2.39. The van der Waals surface area contributed by atoms with E-state index in [4.69, 9.17) is 4.74 Å². The number of halogens is 3. The number of ether oxygens (including phenoxy) is 1. The zero-order valence-corrected chi connectivity index (χ0v) is 18.4. The van der Waals surface area contributed by atoms with Crippen LogP contribution in [0.2, 0.25) is 0 Å². The summed E-state index contributed by atoms with van der Waals surface area (Å²) in [4.78, 5) is 13.7. The highest BCUT2D eigenvalue weighted by Gasteiger charge is 2.48. The molecule has 0 bridgehead atoms. The van der Waals surface area contributed by atoms with Crippen LogP contribution in [-0.2, 0) is 14.9 Å². The van der Waals surface area contributed by atoms with Crippen molar-refractivity contribution < 1.29 is 35.3 Å². The Hall–Kier alpha value is -2.23. The predicted octanol–water partition coefficient (Wildman–Crippen LogP) is 5.06. The third-order valence-electron chi connectivity index (χ3n) is 4.35. The van der Waals surface area contributed by atoms with Gasteiger partial charge in [-0.3, -0.25) is 0 Å². The van der Waals surface area contributed by atoms with Crippen molar-refractivity contribution in [2.45, 2.75) is 58.1 Å². The Kier molecular flexibility index (Phi) is 6.80. The van der Waals surface area contributed by atoms with Crippen LogP contribution in [0.3, 0.4) is 0 Å². The van der Waals surface area contributed by atoms with Crippen molar-refractivity contribution in [3.63, 3.8) is 0 Å². The van der Waals surface area contributed by atoms with E-state index in [0.29, 0.717) is 25.1 Å². The van der Waals surface area contributed by atoms with E-state index in [1.54, 1.807) is 45.6 Å². The van der Waals surface area contributed by atoms with Gasteiger partial charge in [-0.1, -0.05) is 26.0 Å². The second kappa shape index (κ2) is 8.49. The monoisotopic (exact) mass is 449 g/mol. The van der Waals surface area contributed by atoms with Crippen LogP contribution >= 0.6 is 0 Å². The Morgan fingerprint density at radius 2 is 1.80 bits per heavy atom. The molecule has 1 amide bonds. The zero-order chi connectivity index (χ0) is 22.9. The number of hydrogen-bond acceptors (Lipinski definition) is 5. The van der Waals surface area contributed by atoms with Crippen molar-refractivity contribution in [3.8, 4) is 5.75 Å². The maximum atomic E-state index is 12.7. The predicted molar refractivity (Wildman–Crippen MR) is 107 cm³/mol. The summed E-state index contributed by atoms with van der Waals surface area (Å²) in [5.41, 5.74) is -4.12. The average molecular weight is 449 g/mol. The number of amides is 1. The van der Waals surface area contributed by atoms with Crippen molar-refractivity contribution >= 4 is 21.8 Å². The smallest absolute Gasteiger partial charge is 0.444 e. The van der Waals surface area contributed by atoms with Crippen molar-refractivity contribution in [3.05, 3.63) is 35.4 Å². The van der Waals surface area contributed by atoms with Gasteiger partial charge >= 0.3 is 21.7 Å². The minimum absolute atomic E-state index is 0.272. The summed E-state index contributed by atoms with van der Waals surface area (Å²) in [7, 11) is -5.75. The Labute approximate surface area is 174 Å². The highest BCUT2D eigenvalue weighted by Crippen LogP contribution is 2.35. The maximum Gasteiger partial charge on any atom is 0.534 e. The van der Waals surface area contributed by atoms with Crippen molar-refractivity contribution in [1.29, 1.82) is 0 Å². The van der Waals surface area contributed by atoms with Crippen molar-refractivity contribution in [2.75, 3.05) is 13.1 Å². The molecule has 0 saturated carbocycles. The summed E-state index contributed by atoms with van der Waals surface area (Å²) in [6.45, 7) is 9.57. The molecule has 0 unspecified atom stereocenters. The first-order valence-corrected chi connectivity index (χ1v) is 10.8. The highest BCUT2D eigenvalue weighted by molar-refractivity contribution is 7.88. The maximum absolute atomic E-state index is 12.7.